The highest BCUT2D eigenvalue weighted by Gasteiger charge is 2.25. The van der Waals surface area contributed by atoms with Crippen LogP contribution in [0.15, 0.2) is 48.5 Å². The molecule has 2 aromatic rings. The van der Waals surface area contributed by atoms with Crippen LogP contribution in [0.4, 0.5) is 0 Å². The monoisotopic (exact) mass is 251 g/mol. The van der Waals surface area contributed by atoms with Crippen LogP contribution < -0.4 is 5.32 Å². The number of aryl methyl sites for hydroxylation is 1. The van der Waals surface area contributed by atoms with Crippen LogP contribution in [0.25, 0.3) is 0 Å². The Kier molecular flexibility index (Phi) is 3.39. The largest absolute Gasteiger partial charge is 0.310 e. The van der Waals surface area contributed by atoms with Crippen LogP contribution >= 0.6 is 0 Å². The predicted octanol–water partition coefficient (Wildman–Crippen LogP) is 3.99. The summed E-state index contributed by atoms with van der Waals surface area (Å²) in [5.74, 6) is 0.697. The maximum Gasteiger partial charge on any atom is 0.0294 e. The maximum absolute atomic E-state index is 3.68. The van der Waals surface area contributed by atoms with Gasteiger partial charge in [-0.3, -0.25) is 0 Å². The van der Waals surface area contributed by atoms with Crippen molar-refractivity contribution in [2.45, 2.75) is 32.2 Å². The van der Waals surface area contributed by atoms with Gasteiger partial charge in [0, 0.05) is 18.5 Å². The zero-order valence-electron chi connectivity index (χ0n) is 11.7. The topological polar surface area (TPSA) is 12.0 Å². The third kappa shape index (κ3) is 2.43. The lowest BCUT2D eigenvalue weighted by molar-refractivity contribution is 0.488. The van der Waals surface area contributed by atoms with Gasteiger partial charge in [-0.25, -0.2) is 0 Å². The molecule has 3 rings (SSSR count). The molecule has 1 aliphatic carbocycles. The molecule has 0 spiro atoms. The van der Waals surface area contributed by atoms with Gasteiger partial charge in [-0.2, -0.15) is 0 Å². The summed E-state index contributed by atoms with van der Waals surface area (Å²) in [4.78, 5) is 0. The summed E-state index contributed by atoms with van der Waals surface area (Å²) in [7, 11) is 0. The van der Waals surface area contributed by atoms with E-state index in [9.17, 15) is 0 Å². The molecule has 2 aromatic carbocycles. The normalized spacial score (nSPS) is 18.5. The van der Waals surface area contributed by atoms with Gasteiger partial charge in [0.05, 0.1) is 0 Å². The second-order valence-corrected chi connectivity index (χ2v) is 5.59. The number of benzene rings is 2. The lowest BCUT2D eigenvalue weighted by atomic mass is 9.77. The Morgan fingerprint density at radius 1 is 1.11 bits per heavy atom. The lowest BCUT2D eigenvalue weighted by Gasteiger charge is -2.31. The summed E-state index contributed by atoms with van der Waals surface area (Å²) in [5, 5.41) is 3.68. The Balaban J connectivity index is 1.61. The standard InChI is InChI=1S/C18H21N/c1-13-7-3-5-9-17(13)14(2)19-12-16-11-15-8-4-6-10-18(15)16/h3-10,14,16,19H,11-12H2,1-2H3. The first kappa shape index (κ1) is 12.4. The van der Waals surface area contributed by atoms with Crippen LogP contribution in [0, 0.1) is 6.92 Å². The van der Waals surface area contributed by atoms with Crippen molar-refractivity contribution < 1.29 is 0 Å². The van der Waals surface area contributed by atoms with Crippen LogP contribution in [-0.4, -0.2) is 6.54 Å². The zero-order chi connectivity index (χ0) is 13.2. The quantitative estimate of drug-likeness (QED) is 0.866. The molecule has 0 saturated heterocycles. The summed E-state index contributed by atoms with van der Waals surface area (Å²) in [5.41, 5.74) is 5.84. The molecule has 1 aliphatic rings. The van der Waals surface area contributed by atoms with Crippen molar-refractivity contribution in [2.75, 3.05) is 6.54 Å². The molecule has 0 saturated carbocycles. The molecule has 2 unspecified atom stereocenters. The molecule has 0 heterocycles. The Labute approximate surface area is 115 Å². The van der Waals surface area contributed by atoms with Gasteiger partial charge in [0.15, 0.2) is 0 Å². The van der Waals surface area contributed by atoms with Crippen molar-refractivity contribution in [1.82, 2.24) is 5.32 Å². The van der Waals surface area contributed by atoms with Gasteiger partial charge >= 0.3 is 0 Å². The highest BCUT2D eigenvalue weighted by Crippen LogP contribution is 2.34. The molecule has 0 amide bonds. The first-order chi connectivity index (χ1) is 9.25. The van der Waals surface area contributed by atoms with Crippen LogP contribution in [0.5, 0.6) is 0 Å². The second-order valence-electron chi connectivity index (χ2n) is 5.59. The van der Waals surface area contributed by atoms with E-state index in [4.69, 9.17) is 0 Å². The fourth-order valence-corrected chi connectivity index (χ4v) is 3.05. The van der Waals surface area contributed by atoms with Gasteiger partial charge in [0.1, 0.15) is 0 Å². The van der Waals surface area contributed by atoms with E-state index >= 15 is 0 Å². The maximum atomic E-state index is 3.68. The summed E-state index contributed by atoms with van der Waals surface area (Å²) >= 11 is 0. The van der Waals surface area contributed by atoms with E-state index in [-0.39, 0.29) is 0 Å². The Hall–Kier alpha value is -1.60. The van der Waals surface area contributed by atoms with Gasteiger partial charge in [-0.15, -0.1) is 0 Å². The molecule has 2 atom stereocenters. The number of nitrogens with one attached hydrogen (secondary N) is 1. The lowest BCUT2D eigenvalue weighted by Crippen LogP contribution is -2.31. The van der Waals surface area contributed by atoms with Crippen molar-refractivity contribution in [2.24, 2.45) is 0 Å². The van der Waals surface area contributed by atoms with E-state index in [0.29, 0.717) is 12.0 Å². The van der Waals surface area contributed by atoms with E-state index < -0.39 is 0 Å². The zero-order valence-corrected chi connectivity index (χ0v) is 11.7. The minimum absolute atomic E-state index is 0.425. The van der Waals surface area contributed by atoms with Gasteiger partial charge in [0.2, 0.25) is 0 Å². The van der Waals surface area contributed by atoms with Crippen molar-refractivity contribution in [3.63, 3.8) is 0 Å². The summed E-state index contributed by atoms with van der Waals surface area (Å²) in [6, 6.07) is 17.9. The third-order valence-electron chi connectivity index (χ3n) is 4.29. The number of hydrogen-bond donors (Lipinski definition) is 1. The predicted molar refractivity (Wildman–Crippen MR) is 80.5 cm³/mol. The summed E-state index contributed by atoms with van der Waals surface area (Å²) < 4.78 is 0. The van der Waals surface area contributed by atoms with Crippen molar-refractivity contribution in [3.05, 3.63) is 70.8 Å². The number of fused-ring (bicyclic) bond motifs is 1. The molecular weight excluding hydrogens is 230 g/mol. The van der Waals surface area contributed by atoms with Gasteiger partial charge in [-0.05, 0) is 42.5 Å². The van der Waals surface area contributed by atoms with Crippen LogP contribution in [0.2, 0.25) is 0 Å². The van der Waals surface area contributed by atoms with Gasteiger partial charge < -0.3 is 5.32 Å². The minimum atomic E-state index is 0.425. The molecule has 0 bridgehead atoms. The Morgan fingerprint density at radius 2 is 1.84 bits per heavy atom. The SMILES string of the molecule is Cc1ccccc1C(C)NCC1Cc2ccccc21. The average molecular weight is 251 g/mol. The molecule has 1 nitrogen and oxygen atoms in total. The first-order valence-corrected chi connectivity index (χ1v) is 7.12. The number of hydrogen-bond acceptors (Lipinski definition) is 1. The molecule has 19 heavy (non-hydrogen) atoms. The van der Waals surface area contributed by atoms with E-state index in [1.165, 1.54) is 28.7 Å². The van der Waals surface area contributed by atoms with Crippen LogP contribution in [0.1, 0.15) is 41.1 Å². The molecule has 0 radical (unpaired) electrons. The minimum Gasteiger partial charge on any atom is -0.310 e. The van der Waals surface area contributed by atoms with Crippen LogP contribution in [-0.2, 0) is 6.42 Å². The van der Waals surface area contributed by atoms with Crippen molar-refractivity contribution in [1.29, 1.82) is 0 Å². The third-order valence-corrected chi connectivity index (χ3v) is 4.29. The second kappa shape index (κ2) is 5.18. The average Bonchev–Trinajstić information content (AvgIpc) is 2.40. The fraction of sp³-hybridized carbons (Fsp3) is 0.333. The Morgan fingerprint density at radius 3 is 2.63 bits per heavy atom. The van der Waals surface area contributed by atoms with Crippen molar-refractivity contribution in [3.8, 4) is 0 Å². The summed E-state index contributed by atoms with van der Waals surface area (Å²) in [6.45, 7) is 5.52. The highest BCUT2D eigenvalue weighted by molar-refractivity contribution is 5.40. The van der Waals surface area contributed by atoms with Crippen molar-refractivity contribution >= 4 is 0 Å². The smallest absolute Gasteiger partial charge is 0.0294 e. The first-order valence-electron chi connectivity index (χ1n) is 7.12. The van der Waals surface area contributed by atoms with E-state index in [1.807, 2.05) is 0 Å². The Bertz CT molecular complexity index is 573. The molecule has 1 heteroatoms. The number of rotatable bonds is 4. The highest BCUT2D eigenvalue weighted by atomic mass is 14.9. The molecule has 0 aliphatic heterocycles. The molecular formula is C18H21N. The molecule has 0 fully saturated rings. The molecule has 0 aromatic heterocycles. The molecule has 98 valence electrons. The summed E-state index contributed by atoms with van der Waals surface area (Å²) in [6.07, 6.45) is 1.23. The van der Waals surface area contributed by atoms with Gasteiger partial charge in [0.25, 0.3) is 0 Å². The van der Waals surface area contributed by atoms with E-state index in [1.54, 1.807) is 0 Å². The van der Waals surface area contributed by atoms with E-state index in [0.717, 1.165) is 6.54 Å². The molecule has 1 N–H and O–H groups in total. The van der Waals surface area contributed by atoms with Crippen LogP contribution in [0.3, 0.4) is 0 Å². The van der Waals surface area contributed by atoms with Gasteiger partial charge in [-0.1, -0.05) is 48.5 Å². The fourth-order valence-electron chi connectivity index (χ4n) is 3.05. The van der Waals surface area contributed by atoms with E-state index in [2.05, 4.69) is 67.7 Å².